The second-order valence-corrected chi connectivity index (χ2v) is 14.0. The third-order valence-corrected chi connectivity index (χ3v) is 10.3. The van der Waals surface area contributed by atoms with Gasteiger partial charge in [0.05, 0.1) is 24.3 Å². The van der Waals surface area contributed by atoms with Crippen molar-refractivity contribution in [3.05, 3.63) is 130 Å². The van der Waals surface area contributed by atoms with Crippen molar-refractivity contribution in [1.29, 1.82) is 0 Å². The molecule has 3 atom stereocenters. The average Bonchev–Trinajstić information content (AvgIpc) is 3.69. The third kappa shape index (κ3) is 9.55. The quantitative estimate of drug-likeness (QED) is 0.0630. The number of aromatic nitrogens is 1. The number of phenols is 1. The number of hydrogen-bond acceptors (Lipinski definition) is 11. The van der Waals surface area contributed by atoms with Crippen LogP contribution in [0.2, 0.25) is 0 Å². The summed E-state index contributed by atoms with van der Waals surface area (Å²) in [5, 5.41) is 27.6. The number of amides is 1. The minimum Gasteiger partial charge on any atom is -0.506 e. The van der Waals surface area contributed by atoms with Crippen LogP contribution in [-0.2, 0) is 16.1 Å². The van der Waals surface area contributed by atoms with Crippen molar-refractivity contribution in [3.63, 3.8) is 0 Å². The van der Waals surface area contributed by atoms with Gasteiger partial charge in [-0.25, -0.2) is 9.59 Å². The Morgan fingerprint density at radius 2 is 1.76 bits per heavy atom. The first-order chi connectivity index (χ1) is 26.8. The summed E-state index contributed by atoms with van der Waals surface area (Å²) in [5.41, 5.74) is 2.27. The molecule has 3 fully saturated rings. The van der Waals surface area contributed by atoms with Crippen molar-refractivity contribution in [2.24, 2.45) is 5.92 Å². The van der Waals surface area contributed by atoms with E-state index in [0.717, 1.165) is 43.6 Å². The third-order valence-electron chi connectivity index (χ3n) is 10.3. The first kappa shape index (κ1) is 37.7. The standard InChI is InChI=1S/C42H46N4O9/c47-34-14-12-32(33-13-16-38(49)44-40(33)34)35(48)24-43-19-4-5-22-52-41(50)36-15-11-31(54-36)26-53-30-10-6-9-29(23-30)39(28-7-2-1-3-8-28)45-42(51)55-37-25-46-20-17-27(37)18-21-46/h1-3,6-16,23,27,35,37,39,43,47-48H,4-5,17-22,24-26H2,(H,44,49)(H,45,51)/t35-,37-,39?/m0/s1. The average molecular weight is 751 g/mol. The first-order valence-electron chi connectivity index (χ1n) is 18.8. The molecule has 3 aromatic carbocycles. The van der Waals surface area contributed by atoms with Crippen molar-refractivity contribution in [2.75, 3.05) is 39.3 Å². The number of rotatable bonds is 16. The topological polar surface area (TPSA) is 176 Å². The lowest BCUT2D eigenvalue weighted by Crippen LogP contribution is -2.52. The van der Waals surface area contributed by atoms with Gasteiger partial charge in [0.25, 0.3) is 0 Å². The number of aromatic amines is 1. The number of carbonyl (C=O) groups excluding carboxylic acids is 2. The molecular formula is C42H46N4O9. The van der Waals surface area contributed by atoms with Crippen LogP contribution in [0.25, 0.3) is 10.9 Å². The van der Waals surface area contributed by atoms with E-state index in [9.17, 15) is 24.6 Å². The van der Waals surface area contributed by atoms with Gasteiger partial charge in [0.2, 0.25) is 11.3 Å². The number of ether oxygens (including phenoxy) is 3. The number of unbranched alkanes of at least 4 members (excludes halogenated alkanes) is 1. The maximum atomic E-state index is 13.2. The summed E-state index contributed by atoms with van der Waals surface area (Å²) in [6.45, 7) is 4.04. The largest absolute Gasteiger partial charge is 0.506 e. The van der Waals surface area contributed by atoms with Gasteiger partial charge < -0.3 is 44.5 Å². The maximum absolute atomic E-state index is 13.2. The van der Waals surface area contributed by atoms with E-state index < -0.39 is 24.2 Å². The Balaban J connectivity index is 0.849. The Morgan fingerprint density at radius 1 is 0.945 bits per heavy atom. The summed E-state index contributed by atoms with van der Waals surface area (Å²) in [7, 11) is 0. The van der Waals surface area contributed by atoms with Crippen LogP contribution in [-0.4, -0.2) is 77.6 Å². The van der Waals surface area contributed by atoms with Gasteiger partial charge >= 0.3 is 12.1 Å². The molecule has 3 aliphatic rings. The zero-order valence-electron chi connectivity index (χ0n) is 30.4. The van der Waals surface area contributed by atoms with Crippen LogP contribution < -0.4 is 20.9 Å². The predicted molar refractivity (Wildman–Crippen MR) is 204 cm³/mol. The van der Waals surface area contributed by atoms with E-state index in [1.54, 1.807) is 24.3 Å². The number of esters is 1. The van der Waals surface area contributed by atoms with Gasteiger partial charge in [0, 0.05) is 24.5 Å². The molecule has 13 heteroatoms. The van der Waals surface area contributed by atoms with Crippen LogP contribution in [0.4, 0.5) is 4.79 Å². The lowest BCUT2D eigenvalue weighted by Gasteiger charge is -2.43. The number of hydrogen-bond donors (Lipinski definition) is 5. The zero-order chi connectivity index (χ0) is 38.1. The normalized spacial score (nSPS) is 18.7. The summed E-state index contributed by atoms with van der Waals surface area (Å²) < 4.78 is 23.1. The van der Waals surface area contributed by atoms with E-state index in [1.807, 2.05) is 54.6 Å². The highest BCUT2D eigenvalue weighted by Crippen LogP contribution is 2.31. The predicted octanol–water partition coefficient (Wildman–Crippen LogP) is 5.58. The van der Waals surface area contributed by atoms with Gasteiger partial charge in [0.1, 0.15) is 30.0 Å². The number of phenolic OH excluding ortho intramolecular Hbond substituents is 1. The van der Waals surface area contributed by atoms with Crippen molar-refractivity contribution < 1.29 is 38.4 Å². The highest BCUT2D eigenvalue weighted by molar-refractivity contribution is 5.87. The molecule has 3 saturated heterocycles. The van der Waals surface area contributed by atoms with Gasteiger partial charge in [-0.2, -0.15) is 0 Å². The summed E-state index contributed by atoms with van der Waals surface area (Å²) in [4.78, 5) is 42.4. The van der Waals surface area contributed by atoms with Gasteiger partial charge in [0.15, 0.2) is 0 Å². The maximum Gasteiger partial charge on any atom is 0.408 e. The number of H-pyrrole nitrogens is 1. The summed E-state index contributed by atoms with van der Waals surface area (Å²) in [6.07, 6.45) is 2.01. The molecule has 2 aromatic heterocycles. The number of piperidine rings is 3. The molecule has 2 bridgehead atoms. The Morgan fingerprint density at radius 3 is 2.56 bits per heavy atom. The zero-order valence-corrected chi connectivity index (χ0v) is 30.4. The van der Waals surface area contributed by atoms with Gasteiger partial charge in [-0.3, -0.25) is 9.69 Å². The minimum absolute atomic E-state index is 0.0614. The van der Waals surface area contributed by atoms with E-state index >= 15 is 0 Å². The van der Waals surface area contributed by atoms with Crippen LogP contribution in [0.5, 0.6) is 11.5 Å². The van der Waals surface area contributed by atoms with Crippen molar-refractivity contribution in [1.82, 2.24) is 20.5 Å². The highest BCUT2D eigenvalue weighted by atomic mass is 16.6. The molecule has 288 valence electrons. The first-order valence-corrected chi connectivity index (χ1v) is 18.8. The lowest BCUT2D eigenvalue weighted by atomic mass is 9.86. The summed E-state index contributed by atoms with van der Waals surface area (Å²) in [5.74, 6) is 0.868. The smallest absolute Gasteiger partial charge is 0.408 e. The van der Waals surface area contributed by atoms with Crippen molar-refractivity contribution in [3.8, 4) is 11.5 Å². The SMILES string of the molecule is O=C(NC(c1ccccc1)c1cccc(OCc2ccc(C(=O)OCCCCNC[C@H](O)c3ccc(O)c4[nH]c(=O)ccc34)o2)c1)O[C@H]1CN2CCC1CC2. The van der Waals surface area contributed by atoms with Gasteiger partial charge in [-0.05, 0) is 104 Å². The molecule has 5 N–H and O–H groups in total. The fraction of sp³-hybridized carbons (Fsp3) is 0.357. The Labute approximate surface area is 318 Å². The van der Waals surface area contributed by atoms with Gasteiger partial charge in [-0.1, -0.05) is 48.5 Å². The van der Waals surface area contributed by atoms with E-state index in [0.29, 0.717) is 47.8 Å². The number of alkyl carbamates (subject to hydrolysis) is 1. The number of aromatic hydroxyl groups is 1. The van der Waals surface area contributed by atoms with Crippen LogP contribution in [0.3, 0.4) is 0 Å². The van der Waals surface area contributed by atoms with Crippen LogP contribution in [0.15, 0.2) is 100 Å². The number of aliphatic hydroxyl groups is 1. The Hall–Kier alpha value is -5.63. The van der Waals surface area contributed by atoms with E-state index in [4.69, 9.17) is 18.6 Å². The van der Waals surface area contributed by atoms with Crippen LogP contribution >= 0.6 is 0 Å². The number of carbonyl (C=O) groups is 2. The number of aliphatic hydroxyl groups excluding tert-OH is 1. The number of nitrogens with one attached hydrogen (secondary N) is 3. The molecule has 1 amide bonds. The molecule has 8 rings (SSSR count). The molecular weight excluding hydrogens is 704 g/mol. The fourth-order valence-corrected chi connectivity index (χ4v) is 7.33. The summed E-state index contributed by atoms with van der Waals surface area (Å²) in [6, 6.07) is 26.0. The molecule has 55 heavy (non-hydrogen) atoms. The molecule has 0 aliphatic carbocycles. The Bertz CT molecular complexity index is 2130. The fourth-order valence-electron chi connectivity index (χ4n) is 7.33. The number of benzene rings is 3. The number of pyridine rings is 1. The highest BCUT2D eigenvalue weighted by Gasteiger charge is 2.37. The second kappa shape index (κ2) is 17.7. The van der Waals surface area contributed by atoms with E-state index in [2.05, 4.69) is 20.5 Å². The number of nitrogens with zero attached hydrogens (tertiary/aromatic N) is 1. The minimum atomic E-state index is -0.855. The monoisotopic (exact) mass is 750 g/mol. The molecule has 13 nitrogen and oxygen atoms in total. The van der Waals surface area contributed by atoms with Gasteiger partial charge in [-0.15, -0.1) is 0 Å². The molecule has 5 aromatic rings. The second-order valence-electron chi connectivity index (χ2n) is 14.0. The molecule has 0 spiro atoms. The van der Waals surface area contributed by atoms with E-state index in [-0.39, 0.29) is 48.4 Å². The van der Waals surface area contributed by atoms with Crippen LogP contribution in [0.1, 0.15) is 70.8 Å². The molecule has 5 heterocycles. The number of furan rings is 1. The Kier molecular flexibility index (Phi) is 12.1. The molecule has 0 saturated carbocycles. The van der Waals surface area contributed by atoms with Crippen molar-refractivity contribution in [2.45, 2.75) is 50.5 Å². The summed E-state index contributed by atoms with van der Waals surface area (Å²) >= 11 is 0. The molecule has 0 radical (unpaired) electrons. The van der Waals surface area contributed by atoms with E-state index in [1.165, 1.54) is 12.1 Å². The molecule has 3 aliphatic heterocycles. The molecule has 1 unspecified atom stereocenters. The lowest BCUT2D eigenvalue weighted by molar-refractivity contribution is -0.0336. The van der Waals surface area contributed by atoms with Crippen molar-refractivity contribution >= 4 is 23.0 Å². The van der Waals surface area contributed by atoms with Crippen LogP contribution in [0, 0.1) is 5.92 Å². The number of fused-ring (bicyclic) bond motifs is 4.